The summed E-state index contributed by atoms with van der Waals surface area (Å²) >= 11 is 0. The van der Waals surface area contributed by atoms with Gasteiger partial charge >= 0.3 is 0 Å². The van der Waals surface area contributed by atoms with Crippen molar-refractivity contribution in [2.75, 3.05) is 25.1 Å². The number of piperidine rings is 1. The molecule has 1 heterocycles. The lowest BCUT2D eigenvalue weighted by atomic mass is 10.0. The minimum Gasteiger partial charge on any atom is -0.495 e. The Balaban J connectivity index is 1.90. The molecule has 0 aliphatic carbocycles. The number of nitrogens with two attached hydrogens (primary N) is 1. The second kappa shape index (κ2) is 7.31. The van der Waals surface area contributed by atoms with Gasteiger partial charge in [0.1, 0.15) is 5.75 Å². The van der Waals surface area contributed by atoms with Crippen LogP contribution in [0.4, 0.5) is 5.69 Å². The lowest BCUT2D eigenvalue weighted by Crippen LogP contribution is -2.49. The fourth-order valence-electron chi connectivity index (χ4n) is 2.65. The molecule has 1 aromatic carbocycles. The van der Waals surface area contributed by atoms with Crippen molar-refractivity contribution in [2.24, 2.45) is 5.73 Å². The molecule has 1 fully saturated rings. The van der Waals surface area contributed by atoms with Gasteiger partial charge in [0.15, 0.2) is 0 Å². The molecule has 0 unspecified atom stereocenters. The molecule has 1 aromatic rings. The summed E-state index contributed by atoms with van der Waals surface area (Å²) in [7, 11) is 1.69. The molecule has 5 heteroatoms. The summed E-state index contributed by atoms with van der Waals surface area (Å²) in [6.07, 6.45) is 2.53. The van der Waals surface area contributed by atoms with Crippen LogP contribution in [-0.4, -0.2) is 38.2 Å². The monoisotopic (exact) mass is 291 g/mol. The fourth-order valence-corrected chi connectivity index (χ4v) is 2.65. The van der Waals surface area contributed by atoms with Crippen molar-refractivity contribution in [1.82, 2.24) is 5.32 Å². The first-order chi connectivity index (χ1) is 10.2. The quantitative estimate of drug-likeness (QED) is 0.863. The maximum Gasteiger partial charge on any atom is 0.237 e. The van der Waals surface area contributed by atoms with Crippen LogP contribution in [0.2, 0.25) is 0 Å². The van der Waals surface area contributed by atoms with Crippen molar-refractivity contribution in [3.05, 3.63) is 24.3 Å². The molecule has 1 amide bonds. The summed E-state index contributed by atoms with van der Waals surface area (Å²) in [4.78, 5) is 14.1. The molecule has 1 aliphatic rings. The van der Waals surface area contributed by atoms with E-state index in [1.54, 1.807) is 7.11 Å². The summed E-state index contributed by atoms with van der Waals surface area (Å²) in [5.74, 6) is 0.862. The second-order valence-corrected chi connectivity index (χ2v) is 5.46. The van der Waals surface area contributed by atoms with E-state index in [9.17, 15) is 4.79 Å². The van der Waals surface area contributed by atoms with Gasteiger partial charge < -0.3 is 20.7 Å². The highest BCUT2D eigenvalue weighted by Gasteiger charge is 2.23. The molecule has 116 valence electrons. The number of carbonyl (C=O) groups excluding carboxylic acids is 1. The number of amides is 1. The van der Waals surface area contributed by atoms with Gasteiger partial charge in [0.05, 0.1) is 18.8 Å². The molecule has 5 nitrogen and oxygen atoms in total. The van der Waals surface area contributed by atoms with Crippen LogP contribution >= 0.6 is 0 Å². The van der Waals surface area contributed by atoms with Gasteiger partial charge in [-0.3, -0.25) is 4.79 Å². The fraction of sp³-hybridized carbons (Fsp3) is 0.562. The van der Waals surface area contributed by atoms with E-state index in [0.717, 1.165) is 37.4 Å². The first-order valence-electron chi connectivity index (χ1n) is 7.59. The third kappa shape index (κ3) is 3.88. The van der Waals surface area contributed by atoms with Crippen molar-refractivity contribution >= 4 is 11.6 Å². The summed E-state index contributed by atoms with van der Waals surface area (Å²) in [5, 5.41) is 3.05. The van der Waals surface area contributed by atoms with Crippen LogP contribution in [0.15, 0.2) is 24.3 Å². The number of rotatable bonds is 5. The number of nitrogens with one attached hydrogen (secondary N) is 1. The van der Waals surface area contributed by atoms with E-state index in [1.807, 2.05) is 25.1 Å². The van der Waals surface area contributed by atoms with Crippen LogP contribution < -0.4 is 20.7 Å². The third-order valence-corrected chi connectivity index (χ3v) is 4.04. The van der Waals surface area contributed by atoms with Gasteiger partial charge in [-0.2, -0.15) is 0 Å². The lowest BCUT2D eigenvalue weighted by Gasteiger charge is -2.35. The highest BCUT2D eigenvalue weighted by molar-refractivity contribution is 5.81. The smallest absolute Gasteiger partial charge is 0.237 e. The van der Waals surface area contributed by atoms with Gasteiger partial charge in [-0.25, -0.2) is 0 Å². The van der Waals surface area contributed by atoms with Gasteiger partial charge in [-0.1, -0.05) is 19.1 Å². The number of benzene rings is 1. The van der Waals surface area contributed by atoms with Crippen molar-refractivity contribution in [3.63, 3.8) is 0 Å². The molecule has 2 rings (SSSR count). The standard InChI is InChI=1S/C16H25N3O2/c1-3-13(17)16(20)18-12-8-10-19(11-9-12)14-6-4-5-7-15(14)21-2/h4-7,12-13H,3,8-11,17H2,1-2H3,(H,18,20)/t13-/m0/s1. The minimum atomic E-state index is -0.391. The summed E-state index contributed by atoms with van der Waals surface area (Å²) in [6, 6.07) is 7.88. The van der Waals surface area contributed by atoms with E-state index in [1.165, 1.54) is 0 Å². The molecule has 0 aromatic heterocycles. The number of anilines is 1. The van der Waals surface area contributed by atoms with Crippen LogP contribution in [-0.2, 0) is 4.79 Å². The van der Waals surface area contributed by atoms with Gasteiger partial charge in [0, 0.05) is 19.1 Å². The predicted molar refractivity (Wildman–Crippen MR) is 84.6 cm³/mol. The number of methoxy groups -OCH3 is 1. The summed E-state index contributed by atoms with van der Waals surface area (Å²) in [6.45, 7) is 3.74. The number of nitrogens with zero attached hydrogens (tertiary/aromatic N) is 1. The minimum absolute atomic E-state index is 0.0340. The van der Waals surface area contributed by atoms with E-state index in [4.69, 9.17) is 10.5 Å². The second-order valence-electron chi connectivity index (χ2n) is 5.46. The Labute approximate surface area is 126 Å². The molecule has 0 saturated carbocycles. The van der Waals surface area contributed by atoms with Crippen LogP contribution in [0.5, 0.6) is 5.75 Å². The van der Waals surface area contributed by atoms with Crippen molar-refractivity contribution in [1.29, 1.82) is 0 Å². The maximum atomic E-state index is 11.8. The van der Waals surface area contributed by atoms with E-state index in [2.05, 4.69) is 16.3 Å². The zero-order valence-corrected chi connectivity index (χ0v) is 12.8. The highest BCUT2D eigenvalue weighted by Crippen LogP contribution is 2.29. The average molecular weight is 291 g/mol. The molecular formula is C16H25N3O2. The van der Waals surface area contributed by atoms with Gasteiger partial charge in [0.25, 0.3) is 0 Å². The molecule has 0 radical (unpaired) electrons. The normalized spacial score (nSPS) is 17.4. The zero-order chi connectivity index (χ0) is 15.2. The Kier molecular flexibility index (Phi) is 5.44. The third-order valence-electron chi connectivity index (χ3n) is 4.04. The number of hydrogen-bond donors (Lipinski definition) is 2. The van der Waals surface area contributed by atoms with E-state index in [0.29, 0.717) is 6.42 Å². The van der Waals surface area contributed by atoms with Gasteiger partial charge in [-0.15, -0.1) is 0 Å². The van der Waals surface area contributed by atoms with E-state index < -0.39 is 6.04 Å². The first-order valence-corrected chi connectivity index (χ1v) is 7.59. The van der Waals surface area contributed by atoms with Gasteiger partial charge in [0.2, 0.25) is 5.91 Å². The molecular weight excluding hydrogens is 266 g/mol. The molecule has 1 aliphatic heterocycles. The predicted octanol–water partition coefficient (Wildman–Crippen LogP) is 1.52. The van der Waals surface area contributed by atoms with Gasteiger partial charge in [-0.05, 0) is 31.4 Å². The summed E-state index contributed by atoms with van der Waals surface area (Å²) in [5.41, 5.74) is 6.87. The topological polar surface area (TPSA) is 67.6 Å². The lowest BCUT2D eigenvalue weighted by molar-refractivity contribution is -0.123. The largest absolute Gasteiger partial charge is 0.495 e. The van der Waals surface area contributed by atoms with E-state index >= 15 is 0 Å². The van der Waals surface area contributed by atoms with Crippen molar-refractivity contribution < 1.29 is 9.53 Å². The van der Waals surface area contributed by atoms with Crippen LogP contribution in [0.3, 0.4) is 0 Å². The Bertz CT molecular complexity index is 470. The SMILES string of the molecule is CC[C@H](N)C(=O)NC1CCN(c2ccccc2OC)CC1. The Hall–Kier alpha value is -1.75. The van der Waals surface area contributed by atoms with Crippen molar-refractivity contribution in [3.8, 4) is 5.75 Å². The van der Waals surface area contributed by atoms with E-state index in [-0.39, 0.29) is 11.9 Å². The maximum absolute atomic E-state index is 11.8. The molecule has 21 heavy (non-hydrogen) atoms. The molecule has 3 N–H and O–H groups in total. The number of para-hydroxylation sites is 2. The van der Waals surface area contributed by atoms with Crippen molar-refractivity contribution in [2.45, 2.75) is 38.3 Å². The van der Waals surface area contributed by atoms with Crippen LogP contribution in [0.1, 0.15) is 26.2 Å². The Morgan fingerprint density at radius 3 is 2.71 bits per heavy atom. The van der Waals surface area contributed by atoms with Crippen LogP contribution in [0.25, 0.3) is 0 Å². The average Bonchev–Trinajstić information content (AvgIpc) is 2.54. The molecule has 0 bridgehead atoms. The first kappa shape index (κ1) is 15.6. The van der Waals surface area contributed by atoms with Crippen LogP contribution in [0, 0.1) is 0 Å². The highest BCUT2D eigenvalue weighted by atomic mass is 16.5. The molecule has 1 atom stereocenters. The Morgan fingerprint density at radius 2 is 2.10 bits per heavy atom. The summed E-state index contributed by atoms with van der Waals surface area (Å²) < 4.78 is 5.41. The number of ether oxygens (including phenoxy) is 1. The number of hydrogen-bond acceptors (Lipinski definition) is 4. The zero-order valence-electron chi connectivity index (χ0n) is 12.8. The molecule has 1 saturated heterocycles. The Morgan fingerprint density at radius 1 is 1.43 bits per heavy atom. The number of carbonyl (C=O) groups is 1. The molecule has 0 spiro atoms.